The molecule has 0 spiro atoms. The van der Waals surface area contributed by atoms with Crippen LogP contribution in [0.2, 0.25) is 0 Å². The van der Waals surface area contributed by atoms with Crippen molar-refractivity contribution in [2.24, 2.45) is 0 Å². The number of carbonyl (C=O) groups is 1. The van der Waals surface area contributed by atoms with Gasteiger partial charge in [-0.05, 0) is 38.2 Å². The maximum absolute atomic E-state index is 11.7. The van der Waals surface area contributed by atoms with E-state index in [1.54, 1.807) is 30.5 Å². The number of pyridine rings is 1. The van der Waals surface area contributed by atoms with Crippen molar-refractivity contribution in [2.75, 3.05) is 37.7 Å². The Kier molecular flexibility index (Phi) is 5.77. The normalized spacial score (nSPS) is 15.4. The maximum atomic E-state index is 11.7. The van der Waals surface area contributed by atoms with Crippen molar-refractivity contribution >= 4 is 35.3 Å². The first-order valence-corrected chi connectivity index (χ1v) is 9.44. The van der Waals surface area contributed by atoms with Gasteiger partial charge in [-0.15, -0.1) is 0 Å². The van der Waals surface area contributed by atoms with Gasteiger partial charge in [-0.3, -0.25) is 4.90 Å². The number of aryl methyl sites for hydroxylation is 1. The van der Waals surface area contributed by atoms with Crippen molar-refractivity contribution in [3.63, 3.8) is 0 Å². The zero-order valence-corrected chi connectivity index (χ0v) is 16.0. The molecule has 0 amide bonds. The van der Waals surface area contributed by atoms with Gasteiger partial charge in [0, 0.05) is 32.4 Å². The van der Waals surface area contributed by atoms with Crippen LogP contribution in [0.15, 0.2) is 18.3 Å². The third kappa shape index (κ3) is 4.42. The van der Waals surface area contributed by atoms with Gasteiger partial charge in [-0.25, -0.2) is 14.5 Å². The molecule has 1 fully saturated rings. The van der Waals surface area contributed by atoms with Gasteiger partial charge in [-0.2, -0.15) is 5.10 Å². The van der Waals surface area contributed by atoms with E-state index in [1.807, 2.05) is 17.7 Å². The highest BCUT2D eigenvalue weighted by Gasteiger charge is 2.19. The number of carbonyl (C=O) groups excluding carboxylic acids is 1. The van der Waals surface area contributed by atoms with Crippen LogP contribution in [0.4, 0.5) is 5.82 Å². The van der Waals surface area contributed by atoms with Crippen LogP contribution in [-0.4, -0.2) is 58.4 Å². The molecule has 0 saturated carbocycles. The van der Waals surface area contributed by atoms with Crippen LogP contribution >= 0.6 is 23.6 Å². The van der Waals surface area contributed by atoms with E-state index in [2.05, 4.69) is 19.9 Å². The first-order chi connectivity index (χ1) is 12.1. The monoisotopic (exact) mass is 379 g/mol. The second-order valence-electron chi connectivity index (χ2n) is 5.76. The molecular formula is C16H21N5O2S2. The molecule has 0 bridgehead atoms. The van der Waals surface area contributed by atoms with Crippen molar-refractivity contribution in [1.29, 1.82) is 0 Å². The minimum atomic E-state index is -0.332. The Morgan fingerprint density at radius 3 is 2.64 bits per heavy atom. The van der Waals surface area contributed by atoms with E-state index in [0.717, 1.165) is 47.6 Å². The van der Waals surface area contributed by atoms with Crippen LogP contribution < -0.4 is 4.90 Å². The molecule has 25 heavy (non-hydrogen) atoms. The van der Waals surface area contributed by atoms with Crippen LogP contribution in [0, 0.1) is 10.9 Å². The highest BCUT2D eigenvalue weighted by Crippen LogP contribution is 2.15. The molecule has 0 unspecified atom stereocenters. The number of rotatable bonds is 5. The smallest absolute Gasteiger partial charge is 0.339 e. The molecule has 0 aromatic carbocycles. The van der Waals surface area contributed by atoms with Gasteiger partial charge in [0.15, 0.2) is 3.95 Å². The number of aromatic nitrogens is 3. The summed E-state index contributed by atoms with van der Waals surface area (Å²) in [6.45, 7) is 8.45. The summed E-state index contributed by atoms with van der Waals surface area (Å²) in [5.41, 5.74) is 0.484. The highest BCUT2D eigenvalue weighted by atomic mass is 32.1. The fourth-order valence-corrected chi connectivity index (χ4v) is 3.77. The van der Waals surface area contributed by atoms with Crippen molar-refractivity contribution in [3.05, 3.63) is 32.9 Å². The molecule has 7 nitrogen and oxygen atoms in total. The largest absolute Gasteiger partial charge is 0.462 e. The minimum Gasteiger partial charge on any atom is -0.462 e. The molecule has 9 heteroatoms. The highest BCUT2D eigenvalue weighted by molar-refractivity contribution is 7.73. The third-order valence-corrected chi connectivity index (χ3v) is 5.22. The molecule has 2 aromatic rings. The SMILES string of the molecule is CCOC(=O)c1ccc(N2CCN(Cn3nc(C)sc3=S)CC2)nc1. The number of hydrogen-bond donors (Lipinski definition) is 0. The second-order valence-corrected chi connectivity index (χ2v) is 7.59. The molecule has 1 aliphatic heterocycles. The van der Waals surface area contributed by atoms with Crippen LogP contribution in [0.25, 0.3) is 0 Å². The van der Waals surface area contributed by atoms with E-state index in [9.17, 15) is 4.79 Å². The van der Waals surface area contributed by atoms with Gasteiger partial charge in [0.1, 0.15) is 10.8 Å². The zero-order valence-electron chi connectivity index (χ0n) is 14.3. The number of hydrogen-bond acceptors (Lipinski definition) is 8. The van der Waals surface area contributed by atoms with E-state index in [1.165, 1.54) is 0 Å². The summed E-state index contributed by atoms with van der Waals surface area (Å²) in [6, 6.07) is 3.64. The van der Waals surface area contributed by atoms with E-state index in [4.69, 9.17) is 17.0 Å². The van der Waals surface area contributed by atoms with E-state index in [-0.39, 0.29) is 5.97 Å². The molecule has 2 aromatic heterocycles. The fourth-order valence-electron chi connectivity index (χ4n) is 2.72. The number of piperazine rings is 1. The van der Waals surface area contributed by atoms with Crippen LogP contribution in [0.5, 0.6) is 0 Å². The fraction of sp³-hybridized carbons (Fsp3) is 0.500. The lowest BCUT2D eigenvalue weighted by Gasteiger charge is -2.35. The van der Waals surface area contributed by atoms with Gasteiger partial charge in [0.05, 0.1) is 18.8 Å². The van der Waals surface area contributed by atoms with E-state index in [0.29, 0.717) is 12.2 Å². The molecule has 0 aliphatic carbocycles. The summed E-state index contributed by atoms with van der Waals surface area (Å²) < 4.78 is 7.68. The number of ether oxygens (including phenoxy) is 1. The van der Waals surface area contributed by atoms with Gasteiger partial charge in [0.2, 0.25) is 0 Å². The van der Waals surface area contributed by atoms with Gasteiger partial charge >= 0.3 is 5.97 Å². The Labute approximate surface area is 155 Å². The van der Waals surface area contributed by atoms with Crippen molar-refractivity contribution in [3.8, 4) is 0 Å². The molecule has 134 valence electrons. The molecule has 3 rings (SSSR count). The summed E-state index contributed by atoms with van der Waals surface area (Å²) in [6.07, 6.45) is 1.58. The third-order valence-electron chi connectivity index (χ3n) is 4.00. The lowest BCUT2D eigenvalue weighted by Crippen LogP contribution is -2.47. The lowest BCUT2D eigenvalue weighted by atomic mass is 10.2. The van der Waals surface area contributed by atoms with Gasteiger partial charge in [0.25, 0.3) is 0 Å². The Morgan fingerprint density at radius 2 is 2.08 bits per heavy atom. The standard InChI is InChI=1S/C16H21N5O2S2/c1-3-23-15(22)13-4-5-14(17-10-13)20-8-6-19(7-9-20)11-21-16(24)25-12(2)18-21/h4-5,10H,3,6-9,11H2,1-2H3. The quantitative estimate of drug-likeness (QED) is 0.583. The summed E-state index contributed by atoms with van der Waals surface area (Å²) in [5, 5.41) is 5.44. The minimum absolute atomic E-state index is 0.332. The first-order valence-electron chi connectivity index (χ1n) is 8.22. The average Bonchev–Trinajstić information content (AvgIpc) is 2.93. The zero-order chi connectivity index (χ0) is 17.8. The predicted molar refractivity (Wildman–Crippen MR) is 99.7 cm³/mol. The summed E-state index contributed by atoms with van der Waals surface area (Å²) in [4.78, 5) is 20.6. The summed E-state index contributed by atoms with van der Waals surface area (Å²) in [5.74, 6) is 0.551. The first kappa shape index (κ1) is 18.0. The van der Waals surface area contributed by atoms with E-state index < -0.39 is 0 Å². The maximum Gasteiger partial charge on any atom is 0.339 e. The van der Waals surface area contributed by atoms with Crippen molar-refractivity contribution in [1.82, 2.24) is 19.7 Å². The molecule has 0 N–H and O–H groups in total. The Morgan fingerprint density at radius 1 is 1.32 bits per heavy atom. The predicted octanol–water partition coefficient (Wildman–Crippen LogP) is 2.33. The van der Waals surface area contributed by atoms with Crippen LogP contribution in [0.3, 0.4) is 0 Å². The number of esters is 1. The Bertz CT molecular complexity index is 779. The van der Waals surface area contributed by atoms with Gasteiger partial charge < -0.3 is 9.64 Å². The molecule has 1 aliphatic rings. The average molecular weight is 380 g/mol. The Balaban J connectivity index is 1.56. The van der Waals surface area contributed by atoms with Crippen molar-refractivity contribution in [2.45, 2.75) is 20.5 Å². The number of anilines is 1. The molecule has 0 radical (unpaired) electrons. The summed E-state index contributed by atoms with van der Waals surface area (Å²) >= 11 is 6.87. The van der Waals surface area contributed by atoms with Crippen molar-refractivity contribution < 1.29 is 9.53 Å². The Hall–Kier alpha value is -1.84. The van der Waals surface area contributed by atoms with E-state index >= 15 is 0 Å². The lowest BCUT2D eigenvalue weighted by molar-refractivity contribution is 0.0526. The summed E-state index contributed by atoms with van der Waals surface area (Å²) in [7, 11) is 0. The molecule has 3 heterocycles. The van der Waals surface area contributed by atoms with Crippen LogP contribution in [-0.2, 0) is 11.4 Å². The van der Waals surface area contributed by atoms with Gasteiger partial charge in [-0.1, -0.05) is 11.3 Å². The topological polar surface area (TPSA) is 63.5 Å². The molecule has 0 atom stereocenters. The van der Waals surface area contributed by atoms with Crippen LogP contribution in [0.1, 0.15) is 22.3 Å². The molecule has 1 saturated heterocycles. The second kappa shape index (κ2) is 8.03. The molecular weight excluding hydrogens is 358 g/mol. The number of nitrogens with zero attached hydrogens (tertiary/aromatic N) is 5.